The molecule has 0 fully saturated rings. The van der Waals surface area contributed by atoms with Gasteiger partial charge in [0.05, 0.1) is 24.4 Å². The van der Waals surface area contributed by atoms with Crippen molar-refractivity contribution in [2.24, 2.45) is 0 Å². The number of nitrogens with zero attached hydrogens (tertiary/aromatic N) is 1. The van der Waals surface area contributed by atoms with Crippen molar-refractivity contribution in [2.75, 3.05) is 23.4 Å². The van der Waals surface area contributed by atoms with Crippen molar-refractivity contribution in [3.63, 3.8) is 0 Å². The summed E-state index contributed by atoms with van der Waals surface area (Å²) in [6.07, 6.45) is -0.109. The molecule has 1 aliphatic rings. The van der Waals surface area contributed by atoms with Gasteiger partial charge in [0.25, 0.3) is 0 Å². The van der Waals surface area contributed by atoms with E-state index in [-0.39, 0.29) is 12.1 Å². The number of urea groups is 1. The van der Waals surface area contributed by atoms with Gasteiger partial charge >= 0.3 is 12.0 Å². The second-order valence-electron chi connectivity index (χ2n) is 6.24. The molecular weight excluding hydrogens is 332 g/mol. The Morgan fingerprint density at radius 1 is 1.27 bits per heavy atom. The van der Waals surface area contributed by atoms with E-state index in [4.69, 9.17) is 9.47 Å². The molecule has 6 nitrogen and oxygen atoms in total. The van der Waals surface area contributed by atoms with Crippen LogP contribution in [0.1, 0.15) is 29.8 Å². The summed E-state index contributed by atoms with van der Waals surface area (Å²) in [5.41, 5.74) is 2.72. The highest BCUT2D eigenvalue weighted by molar-refractivity contribution is 6.03. The topological polar surface area (TPSA) is 67.9 Å². The summed E-state index contributed by atoms with van der Waals surface area (Å²) in [4.78, 5) is 26.4. The Hall–Kier alpha value is -3.02. The fourth-order valence-corrected chi connectivity index (χ4v) is 2.87. The molecular formula is C20H22N2O4. The van der Waals surface area contributed by atoms with Crippen LogP contribution in [0.4, 0.5) is 16.2 Å². The molecule has 1 aliphatic heterocycles. The number of esters is 1. The highest BCUT2D eigenvalue weighted by atomic mass is 16.5. The van der Waals surface area contributed by atoms with Crippen molar-refractivity contribution in [2.45, 2.75) is 26.9 Å². The number of anilines is 2. The van der Waals surface area contributed by atoms with E-state index in [2.05, 4.69) is 5.32 Å². The summed E-state index contributed by atoms with van der Waals surface area (Å²) in [6, 6.07) is 12.2. The molecule has 0 aromatic heterocycles. The maximum atomic E-state index is 12.8. The number of hydrogen-bond donors (Lipinski definition) is 1. The zero-order chi connectivity index (χ0) is 18.7. The van der Waals surface area contributed by atoms with Crippen molar-refractivity contribution in [1.29, 1.82) is 0 Å². The SMILES string of the molecule is CCOC(=O)c1cccc(NC(=O)N2CC(C)Oc3ccc(C)cc32)c1. The minimum atomic E-state index is -0.412. The van der Waals surface area contributed by atoms with Gasteiger partial charge in [0, 0.05) is 5.69 Å². The predicted octanol–water partition coefficient (Wildman–Crippen LogP) is 3.99. The van der Waals surface area contributed by atoms with Crippen molar-refractivity contribution < 1.29 is 19.1 Å². The van der Waals surface area contributed by atoms with Crippen LogP contribution in [0.5, 0.6) is 5.75 Å². The molecule has 0 saturated carbocycles. The van der Waals surface area contributed by atoms with Crippen molar-refractivity contribution in [3.05, 3.63) is 53.6 Å². The number of benzene rings is 2. The summed E-state index contributed by atoms with van der Waals surface area (Å²) in [6.45, 7) is 6.39. The van der Waals surface area contributed by atoms with E-state index in [9.17, 15) is 9.59 Å². The number of carbonyl (C=O) groups excluding carboxylic acids is 2. The van der Waals surface area contributed by atoms with E-state index in [0.717, 1.165) is 11.3 Å². The molecule has 1 N–H and O–H groups in total. The van der Waals surface area contributed by atoms with Gasteiger partial charge in [-0.15, -0.1) is 0 Å². The fourth-order valence-electron chi connectivity index (χ4n) is 2.87. The molecule has 2 amide bonds. The maximum Gasteiger partial charge on any atom is 0.338 e. The largest absolute Gasteiger partial charge is 0.487 e. The number of ether oxygens (including phenoxy) is 2. The van der Waals surface area contributed by atoms with Crippen LogP contribution in [0, 0.1) is 6.92 Å². The van der Waals surface area contributed by atoms with Crippen molar-refractivity contribution in [3.8, 4) is 5.75 Å². The van der Waals surface area contributed by atoms with Crippen molar-refractivity contribution in [1.82, 2.24) is 0 Å². The molecule has 6 heteroatoms. The summed E-state index contributed by atoms with van der Waals surface area (Å²) in [5.74, 6) is 0.273. The molecule has 0 saturated heterocycles. The first kappa shape index (κ1) is 17.8. The number of nitrogens with one attached hydrogen (secondary N) is 1. The van der Waals surface area contributed by atoms with Crippen molar-refractivity contribution >= 4 is 23.4 Å². The Labute approximate surface area is 152 Å². The minimum Gasteiger partial charge on any atom is -0.487 e. The van der Waals surface area contributed by atoms with Gasteiger partial charge < -0.3 is 14.8 Å². The number of fused-ring (bicyclic) bond motifs is 1. The Kier molecular flexibility index (Phi) is 5.11. The van der Waals surface area contributed by atoms with Gasteiger partial charge in [-0.1, -0.05) is 12.1 Å². The monoisotopic (exact) mass is 354 g/mol. The summed E-state index contributed by atoms with van der Waals surface area (Å²) >= 11 is 0. The predicted molar refractivity (Wildman–Crippen MR) is 100 cm³/mol. The minimum absolute atomic E-state index is 0.109. The molecule has 136 valence electrons. The third kappa shape index (κ3) is 3.79. The zero-order valence-electron chi connectivity index (χ0n) is 15.1. The number of carbonyl (C=O) groups is 2. The van der Waals surface area contributed by atoms with Gasteiger partial charge in [0.15, 0.2) is 0 Å². The third-order valence-electron chi connectivity index (χ3n) is 4.04. The number of hydrogen-bond acceptors (Lipinski definition) is 4. The Bertz CT molecular complexity index is 834. The molecule has 2 aromatic carbocycles. The van der Waals surface area contributed by atoms with Crippen LogP contribution in [-0.4, -0.2) is 31.3 Å². The van der Waals surface area contributed by atoms with Crippen LogP contribution in [-0.2, 0) is 4.74 Å². The molecule has 1 unspecified atom stereocenters. The quantitative estimate of drug-likeness (QED) is 0.846. The number of aryl methyl sites for hydroxylation is 1. The lowest BCUT2D eigenvalue weighted by Crippen LogP contribution is -2.44. The van der Waals surface area contributed by atoms with Gasteiger partial charge in [-0.25, -0.2) is 9.59 Å². The highest BCUT2D eigenvalue weighted by Gasteiger charge is 2.27. The van der Waals surface area contributed by atoms with E-state index in [1.807, 2.05) is 32.0 Å². The summed E-state index contributed by atoms with van der Waals surface area (Å²) in [5, 5.41) is 2.85. The first-order valence-corrected chi connectivity index (χ1v) is 8.61. The van der Waals surface area contributed by atoms with Gasteiger partial charge in [-0.2, -0.15) is 0 Å². The molecule has 1 atom stereocenters. The Morgan fingerprint density at radius 3 is 2.85 bits per heavy atom. The molecule has 3 rings (SSSR count). The third-order valence-corrected chi connectivity index (χ3v) is 4.04. The molecule has 1 heterocycles. The second kappa shape index (κ2) is 7.47. The normalized spacial score (nSPS) is 15.7. The number of amides is 2. The lowest BCUT2D eigenvalue weighted by atomic mass is 10.1. The maximum absolute atomic E-state index is 12.8. The van der Waals surface area contributed by atoms with E-state index < -0.39 is 5.97 Å². The van der Waals surface area contributed by atoms with Gasteiger partial charge in [-0.3, -0.25) is 4.90 Å². The van der Waals surface area contributed by atoms with E-state index in [1.54, 1.807) is 36.1 Å². The Balaban J connectivity index is 1.82. The average Bonchev–Trinajstić information content (AvgIpc) is 2.62. The molecule has 2 aromatic rings. The van der Waals surface area contributed by atoms with E-state index in [0.29, 0.717) is 30.2 Å². The summed E-state index contributed by atoms with van der Waals surface area (Å²) < 4.78 is 10.8. The highest BCUT2D eigenvalue weighted by Crippen LogP contribution is 2.34. The van der Waals surface area contributed by atoms with Gasteiger partial charge in [-0.05, 0) is 56.7 Å². The van der Waals surface area contributed by atoms with Crippen LogP contribution in [0.15, 0.2) is 42.5 Å². The van der Waals surface area contributed by atoms with Gasteiger partial charge in [0.2, 0.25) is 0 Å². The van der Waals surface area contributed by atoms with Gasteiger partial charge in [0.1, 0.15) is 11.9 Å². The lowest BCUT2D eigenvalue weighted by molar-refractivity contribution is 0.0526. The fraction of sp³-hybridized carbons (Fsp3) is 0.300. The van der Waals surface area contributed by atoms with E-state index in [1.165, 1.54) is 0 Å². The second-order valence-corrected chi connectivity index (χ2v) is 6.24. The standard InChI is InChI=1S/C20H22N2O4/c1-4-25-19(23)15-6-5-7-16(11-15)21-20(24)22-12-14(3)26-18-9-8-13(2)10-17(18)22/h5-11,14H,4,12H2,1-3H3,(H,21,24). The smallest absolute Gasteiger partial charge is 0.338 e. The molecule has 0 radical (unpaired) electrons. The lowest BCUT2D eigenvalue weighted by Gasteiger charge is -2.33. The first-order valence-electron chi connectivity index (χ1n) is 8.61. The first-order chi connectivity index (χ1) is 12.5. The number of rotatable bonds is 3. The zero-order valence-corrected chi connectivity index (χ0v) is 15.1. The molecule has 0 aliphatic carbocycles. The summed E-state index contributed by atoms with van der Waals surface area (Å²) in [7, 11) is 0. The van der Waals surface area contributed by atoms with Crippen LogP contribution in [0.2, 0.25) is 0 Å². The molecule has 26 heavy (non-hydrogen) atoms. The molecule has 0 spiro atoms. The van der Waals surface area contributed by atoms with Crippen LogP contribution in [0.3, 0.4) is 0 Å². The van der Waals surface area contributed by atoms with E-state index >= 15 is 0 Å². The average molecular weight is 354 g/mol. The van der Waals surface area contributed by atoms with Crippen LogP contribution < -0.4 is 15.0 Å². The Morgan fingerprint density at radius 2 is 2.08 bits per heavy atom. The van der Waals surface area contributed by atoms with Crippen LogP contribution >= 0.6 is 0 Å². The molecule has 0 bridgehead atoms. The van der Waals surface area contributed by atoms with Crippen LogP contribution in [0.25, 0.3) is 0 Å².